The summed E-state index contributed by atoms with van der Waals surface area (Å²) in [6.07, 6.45) is 5.20. The fourth-order valence-corrected chi connectivity index (χ4v) is 4.19. The van der Waals surface area contributed by atoms with Crippen molar-refractivity contribution in [2.75, 3.05) is 0 Å². The third kappa shape index (κ3) is 3.91. The van der Waals surface area contributed by atoms with Crippen LogP contribution in [-0.4, -0.2) is 19.7 Å². The quantitative estimate of drug-likeness (QED) is 0.403. The summed E-state index contributed by atoms with van der Waals surface area (Å²) >= 11 is 7.98. The largest absolute Gasteiger partial charge is 0.467 e. The van der Waals surface area contributed by atoms with Gasteiger partial charge in [0, 0.05) is 28.2 Å². The summed E-state index contributed by atoms with van der Waals surface area (Å²) in [6.45, 7) is 2.66. The highest BCUT2D eigenvalue weighted by Gasteiger charge is 2.19. The Balaban J connectivity index is 1.70. The molecule has 0 aliphatic rings. The molecule has 1 atom stereocenters. The lowest BCUT2D eigenvalue weighted by atomic mass is 10.2. The molecule has 0 amide bonds. The zero-order valence-electron chi connectivity index (χ0n) is 14.6. The van der Waals surface area contributed by atoms with Crippen molar-refractivity contribution in [3.63, 3.8) is 0 Å². The minimum Gasteiger partial charge on any atom is -0.467 e. The minimum absolute atomic E-state index is 0.125. The van der Waals surface area contributed by atoms with Gasteiger partial charge in [-0.1, -0.05) is 41.6 Å². The SMILES string of the molecule is C[C@H](Sc1nnc(-c2cccnc2)n1Cc1ccco1)c1ccccc1Cl. The lowest BCUT2D eigenvalue weighted by Gasteiger charge is -2.14. The molecule has 3 aromatic heterocycles. The Kier molecular flexibility index (Phi) is 5.27. The molecule has 5 nitrogen and oxygen atoms in total. The van der Waals surface area contributed by atoms with E-state index in [9.17, 15) is 0 Å². The van der Waals surface area contributed by atoms with Crippen LogP contribution in [0.5, 0.6) is 0 Å². The van der Waals surface area contributed by atoms with Crippen molar-refractivity contribution in [1.29, 1.82) is 0 Å². The highest BCUT2D eigenvalue weighted by Crippen LogP contribution is 2.38. The van der Waals surface area contributed by atoms with Gasteiger partial charge in [-0.3, -0.25) is 9.55 Å². The molecule has 0 saturated carbocycles. The maximum atomic E-state index is 6.36. The van der Waals surface area contributed by atoms with Gasteiger partial charge in [0.1, 0.15) is 5.76 Å². The fourth-order valence-electron chi connectivity index (χ4n) is 2.81. The molecule has 0 fully saturated rings. The third-order valence-electron chi connectivity index (χ3n) is 4.16. The lowest BCUT2D eigenvalue weighted by molar-refractivity contribution is 0.485. The number of thioether (sulfide) groups is 1. The van der Waals surface area contributed by atoms with Crippen LogP contribution in [0.4, 0.5) is 0 Å². The van der Waals surface area contributed by atoms with Gasteiger partial charge in [0.05, 0.1) is 12.8 Å². The third-order valence-corrected chi connectivity index (χ3v) is 5.62. The second kappa shape index (κ2) is 7.98. The number of nitrogens with zero attached hydrogens (tertiary/aromatic N) is 4. The van der Waals surface area contributed by atoms with E-state index in [1.807, 2.05) is 53.1 Å². The summed E-state index contributed by atoms with van der Waals surface area (Å²) in [6, 6.07) is 15.6. The van der Waals surface area contributed by atoms with E-state index in [0.29, 0.717) is 6.54 Å². The van der Waals surface area contributed by atoms with Crippen molar-refractivity contribution >= 4 is 23.4 Å². The summed E-state index contributed by atoms with van der Waals surface area (Å²) in [4.78, 5) is 4.20. The molecule has 0 unspecified atom stereocenters. The Hall–Kier alpha value is -2.57. The molecule has 4 aromatic rings. The highest BCUT2D eigenvalue weighted by molar-refractivity contribution is 7.99. The van der Waals surface area contributed by atoms with E-state index in [2.05, 4.69) is 22.1 Å². The molecule has 4 rings (SSSR count). The smallest absolute Gasteiger partial charge is 0.192 e. The monoisotopic (exact) mass is 396 g/mol. The Morgan fingerprint density at radius 2 is 2.00 bits per heavy atom. The van der Waals surface area contributed by atoms with E-state index < -0.39 is 0 Å². The highest BCUT2D eigenvalue weighted by atomic mass is 35.5. The minimum atomic E-state index is 0.125. The molecule has 7 heteroatoms. The second-order valence-electron chi connectivity index (χ2n) is 5.99. The Morgan fingerprint density at radius 1 is 1.11 bits per heavy atom. The van der Waals surface area contributed by atoms with Gasteiger partial charge in [-0.2, -0.15) is 0 Å². The van der Waals surface area contributed by atoms with Crippen LogP contribution < -0.4 is 0 Å². The number of hydrogen-bond donors (Lipinski definition) is 0. The molecular formula is C20H17ClN4OS. The fraction of sp³-hybridized carbons (Fsp3) is 0.150. The van der Waals surface area contributed by atoms with Crippen LogP contribution in [0.3, 0.4) is 0 Å². The standard InChI is InChI=1S/C20H17ClN4OS/c1-14(17-8-2-3-9-18(17)21)27-20-24-23-19(15-6-4-10-22-12-15)25(20)13-16-7-5-11-26-16/h2-12,14H,13H2,1H3/t14-/m0/s1. The molecule has 1 aromatic carbocycles. The van der Waals surface area contributed by atoms with Crippen molar-refractivity contribution < 1.29 is 4.42 Å². The summed E-state index contributed by atoms with van der Waals surface area (Å²) in [5, 5.41) is 10.5. The molecule has 0 spiro atoms. The van der Waals surface area contributed by atoms with E-state index in [1.54, 1.807) is 30.4 Å². The Labute approximate surface area is 166 Å². The van der Waals surface area contributed by atoms with Crippen molar-refractivity contribution in [2.45, 2.75) is 23.9 Å². The maximum absolute atomic E-state index is 6.36. The van der Waals surface area contributed by atoms with Gasteiger partial charge in [-0.15, -0.1) is 10.2 Å². The number of furan rings is 1. The predicted octanol–water partition coefficient (Wildman–Crippen LogP) is 5.49. The van der Waals surface area contributed by atoms with E-state index in [4.69, 9.17) is 16.0 Å². The summed E-state index contributed by atoms with van der Waals surface area (Å²) in [7, 11) is 0. The normalized spacial score (nSPS) is 12.2. The molecule has 0 bridgehead atoms. The van der Waals surface area contributed by atoms with Crippen LogP contribution in [0.2, 0.25) is 5.02 Å². The van der Waals surface area contributed by atoms with Gasteiger partial charge in [-0.05, 0) is 42.8 Å². The molecule has 136 valence electrons. The first-order valence-electron chi connectivity index (χ1n) is 8.49. The number of halogens is 1. The second-order valence-corrected chi connectivity index (χ2v) is 7.71. The van der Waals surface area contributed by atoms with E-state index in [1.165, 1.54) is 0 Å². The van der Waals surface area contributed by atoms with Gasteiger partial charge in [0.25, 0.3) is 0 Å². The molecule has 0 aliphatic heterocycles. The Bertz CT molecular complexity index is 1020. The summed E-state index contributed by atoms with van der Waals surface area (Å²) in [5.74, 6) is 1.60. The van der Waals surface area contributed by atoms with Crippen molar-refractivity contribution in [3.05, 3.63) is 83.5 Å². The van der Waals surface area contributed by atoms with Gasteiger partial charge in [-0.25, -0.2) is 0 Å². The molecule has 0 radical (unpaired) electrons. The van der Waals surface area contributed by atoms with Crippen LogP contribution >= 0.6 is 23.4 Å². The van der Waals surface area contributed by atoms with Gasteiger partial charge < -0.3 is 4.42 Å². The van der Waals surface area contributed by atoms with Crippen LogP contribution in [0.25, 0.3) is 11.4 Å². The van der Waals surface area contributed by atoms with Crippen molar-refractivity contribution in [2.24, 2.45) is 0 Å². The summed E-state index contributed by atoms with van der Waals surface area (Å²) in [5.41, 5.74) is 1.98. The average Bonchev–Trinajstić information content (AvgIpc) is 3.34. The molecule has 0 N–H and O–H groups in total. The number of rotatable bonds is 6. The molecule has 0 saturated heterocycles. The van der Waals surface area contributed by atoms with E-state index >= 15 is 0 Å². The first-order chi connectivity index (χ1) is 13.2. The predicted molar refractivity (Wildman–Crippen MR) is 107 cm³/mol. The topological polar surface area (TPSA) is 56.7 Å². The van der Waals surface area contributed by atoms with Crippen LogP contribution in [-0.2, 0) is 6.54 Å². The molecular weight excluding hydrogens is 380 g/mol. The molecule has 3 heterocycles. The van der Waals surface area contributed by atoms with Gasteiger partial charge >= 0.3 is 0 Å². The number of pyridine rings is 1. The van der Waals surface area contributed by atoms with E-state index in [0.717, 1.165) is 32.9 Å². The molecule has 0 aliphatic carbocycles. The van der Waals surface area contributed by atoms with Crippen LogP contribution in [0.1, 0.15) is 23.5 Å². The zero-order chi connectivity index (χ0) is 18.6. The number of aromatic nitrogens is 4. The van der Waals surface area contributed by atoms with Gasteiger partial charge in [0.2, 0.25) is 0 Å². The number of benzene rings is 1. The summed E-state index contributed by atoms with van der Waals surface area (Å²) < 4.78 is 7.59. The zero-order valence-corrected chi connectivity index (χ0v) is 16.2. The van der Waals surface area contributed by atoms with Gasteiger partial charge in [0.15, 0.2) is 11.0 Å². The van der Waals surface area contributed by atoms with Crippen molar-refractivity contribution in [1.82, 2.24) is 19.7 Å². The number of hydrogen-bond acceptors (Lipinski definition) is 5. The lowest BCUT2D eigenvalue weighted by Crippen LogP contribution is -2.04. The molecule has 27 heavy (non-hydrogen) atoms. The van der Waals surface area contributed by atoms with Crippen LogP contribution in [0.15, 0.2) is 76.8 Å². The van der Waals surface area contributed by atoms with Crippen molar-refractivity contribution in [3.8, 4) is 11.4 Å². The van der Waals surface area contributed by atoms with E-state index in [-0.39, 0.29) is 5.25 Å². The average molecular weight is 397 g/mol. The first-order valence-corrected chi connectivity index (χ1v) is 9.75. The Morgan fingerprint density at radius 3 is 2.74 bits per heavy atom. The van der Waals surface area contributed by atoms with Crippen LogP contribution in [0, 0.1) is 0 Å². The first kappa shape index (κ1) is 17.8. The maximum Gasteiger partial charge on any atom is 0.192 e.